The van der Waals surface area contributed by atoms with Gasteiger partial charge in [0.15, 0.2) is 0 Å². The van der Waals surface area contributed by atoms with Crippen LogP contribution in [0.5, 0.6) is 0 Å². The summed E-state index contributed by atoms with van der Waals surface area (Å²) in [6, 6.07) is 5.97. The standard InChI is InChI=1S/C13H21N3O2S/c1-11-9-16(10-12(2)15-11)19(17,18)8-6-13-5-3-4-7-14-13/h3-5,7,11-12,15H,6,8-10H2,1-2H3. The van der Waals surface area contributed by atoms with Crippen molar-refractivity contribution in [1.82, 2.24) is 14.6 Å². The van der Waals surface area contributed by atoms with Crippen LogP contribution >= 0.6 is 0 Å². The van der Waals surface area contributed by atoms with Crippen molar-refractivity contribution in [1.29, 1.82) is 0 Å². The van der Waals surface area contributed by atoms with Gasteiger partial charge in [-0.3, -0.25) is 4.98 Å². The summed E-state index contributed by atoms with van der Waals surface area (Å²) in [7, 11) is -3.19. The first-order valence-corrected chi connectivity index (χ1v) is 8.22. The van der Waals surface area contributed by atoms with Gasteiger partial charge in [0.05, 0.1) is 5.75 Å². The van der Waals surface area contributed by atoms with E-state index < -0.39 is 10.0 Å². The van der Waals surface area contributed by atoms with Crippen molar-refractivity contribution in [2.45, 2.75) is 32.4 Å². The molecule has 2 unspecified atom stereocenters. The maximum Gasteiger partial charge on any atom is 0.214 e. The van der Waals surface area contributed by atoms with Crippen molar-refractivity contribution in [3.8, 4) is 0 Å². The summed E-state index contributed by atoms with van der Waals surface area (Å²) < 4.78 is 26.2. The number of aromatic nitrogens is 1. The molecule has 0 spiro atoms. The third-order valence-corrected chi connectivity index (χ3v) is 5.06. The lowest BCUT2D eigenvalue weighted by Crippen LogP contribution is -2.56. The van der Waals surface area contributed by atoms with Gasteiger partial charge in [-0.25, -0.2) is 8.42 Å². The number of pyridine rings is 1. The Balaban J connectivity index is 1.98. The van der Waals surface area contributed by atoms with Crippen molar-refractivity contribution in [3.63, 3.8) is 0 Å². The quantitative estimate of drug-likeness (QED) is 0.880. The van der Waals surface area contributed by atoms with Crippen LogP contribution in [0.25, 0.3) is 0 Å². The van der Waals surface area contributed by atoms with Crippen LogP contribution in [-0.2, 0) is 16.4 Å². The smallest absolute Gasteiger partial charge is 0.214 e. The third-order valence-electron chi connectivity index (χ3n) is 3.26. The molecule has 0 aliphatic carbocycles. The molecule has 6 heteroatoms. The van der Waals surface area contributed by atoms with E-state index in [0.717, 1.165) is 5.69 Å². The Labute approximate surface area is 115 Å². The van der Waals surface area contributed by atoms with Crippen molar-refractivity contribution < 1.29 is 8.42 Å². The van der Waals surface area contributed by atoms with Crippen LogP contribution in [0.4, 0.5) is 0 Å². The van der Waals surface area contributed by atoms with E-state index in [0.29, 0.717) is 19.5 Å². The molecule has 2 atom stereocenters. The molecule has 0 amide bonds. The van der Waals surface area contributed by atoms with Crippen LogP contribution in [0.1, 0.15) is 19.5 Å². The topological polar surface area (TPSA) is 62.3 Å². The minimum Gasteiger partial charge on any atom is -0.309 e. The molecule has 0 saturated carbocycles. The average Bonchev–Trinajstić information content (AvgIpc) is 2.37. The molecule has 19 heavy (non-hydrogen) atoms. The molecule has 0 bridgehead atoms. The molecule has 1 saturated heterocycles. The van der Waals surface area contributed by atoms with E-state index >= 15 is 0 Å². The number of rotatable bonds is 4. The lowest BCUT2D eigenvalue weighted by Gasteiger charge is -2.35. The highest BCUT2D eigenvalue weighted by molar-refractivity contribution is 7.89. The zero-order valence-electron chi connectivity index (χ0n) is 11.4. The van der Waals surface area contributed by atoms with Gasteiger partial charge in [0.25, 0.3) is 0 Å². The number of hydrogen-bond acceptors (Lipinski definition) is 4. The normalized spacial score (nSPS) is 25.4. The average molecular weight is 283 g/mol. The lowest BCUT2D eigenvalue weighted by atomic mass is 10.2. The summed E-state index contributed by atoms with van der Waals surface area (Å²) in [6.07, 6.45) is 2.16. The van der Waals surface area contributed by atoms with Crippen molar-refractivity contribution in [2.24, 2.45) is 0 Å². The Morgan fingerprint density at radius 1 is 1.32 bits per heavy atom. The number of nitrogens with zero attached hydrogens (tertiary/aromatic N) is 2. The number of piperazine rings is 1. The highest BCUT2D eigenvalue weighted by Gasteiger charge is 2.29. The molecule has 0 aromatic carbocycles. The zero-order chi connectivity index (χ0) is 13.9. The Kier molecular flexibility index (Phi) is 4.54. The first-order valence-electron chi connectivity index (χ1n) is 6.61. The fraction of sp³-hybridized carbons (Fsp3) is 0.615. The van der Waals surface area contributed by atoms with Crippen molar-refractivity contribution >= 4 is 10.0 Å². The number of aryl methyl sites for hydroxylation is 1. The summed E-state index contributed by atoms with van der Waals surface area (Å²) in [5, 5.41) is 3.34. The first kappa shape index (κ1) is 14.4. The van der Waals surface area contributed by atoms with Gasteiger partial charge in [-0.15, -0.1) is 0 Å². The third kappa shape index (κ3) is 3.99. The van der Waals surface area contributed by atoms with E-state index in [1.165, 1.54) is 0 Å². The summed E-state index contributed by atoms with van der Waals surface area (Å²) in [6.45, 7) is 5.12. The highest BCUT2D eigenvalue weighted by atomic mass is 32.2. The summed E-state index contributed by atoms with van der Waals surface area (Å²) in [5.74, 6) is 0.128. The number of nitrogens with one attached hydrogen (secondary N) is 1. The minimum atomic E-state index is -3.19. The fourth-order valence-corrected chi connectivity index (χ4v) is 4.04. The molecule has 1 N–H and O–H groups in total. The molecule has 2 heterocycles. The van der Waals surface area contributed by atoms with Gasteiger partial charge in [0, 0.05) is 43.5 Å². The minimum absolute atomic E-state index is 0.128. The monoisotopic (exact) mass is 283 g/mol. The van der Waals surface area contributed by atoms with Gasteiger partial charge in [-0.2, -0.15) is 4.31 Å². The molecular weight excluding hydrogens is 262 g/mol. The van der Waals surface area contributed by atoms with E-state index in [1.807, 2.05) is 32.0 Å². The van der Waals surface area contributed by atoms with Crippen LogP contribution in [0.3, 0.4) is 0 Å². The van der Waals surface area contributed by atoms with Crippen LogP contribution in [0.2, 0.25) is 0 Å². The van der Waals surface area contributed by atoms with Gasteiger partial charge in [-0.05, 0) is 26.0 Å². The molecule has 1 fully saturated rings. The van der Waals surface area contributed by atoms with Gasteiger partial charge in [0.1, 0.15) is 0 Å². The predicted molar refractivity (Wildman–Crippen MR) is 75.4 cm³/mol. The zero-order valence-corrected chi connectivity index (χ0v) is 12.2. The first-order chi connectivity index (χ1) is 8.97. The Morgan fingerprint density at radius 2 is 2.00 bits per heavy atom. The van der Waals surface area contributed by atoms with Crippen LogP contribution < -0.4 is 5.32 Å². The van der Waals surface area contributed by atoms with E-state index in [1.54, 1.807) is 10.5 Å². The molecule has 1 aromatic rings. The maximum atomic E-state index is 12.3. The van der Waals surface area contributed by atoms with E-state index in [-0.39, 0.29) is 17.8 Å². The van der Waals surface area contributed by atoms with Crippen LogP contribution in [-0.4, -0.2) is 48.6 Å². The van der Waals surface area contributed by atoms with Crippen molar-refractivity contribution in [3.05, 3.63) is 30.1 Å². The predicted octanol–water partition coefficient (Wildman–Crippen LogP) is 0.636. The lowest BCUT2D eigenvalue weighted by molar-refractivity contribution is 0.263. The van der Waals surface area contributed by atoms with Gasteiger partial charge in [-0.1, -0.05) is 6.07 Å². The summed E-state index contributed by atoms with van der Waals surface area (Å²) >= 11 is 0. The molecule has 0 radical (unpaired) electrons. The number of hydrogen-bond donors (Lipinski definition) is 1. The van der Waals surface area contributed by atoms with E-state index in [2.05, 4.69) is 10.3 Å². The fourth-order valence-electron chi connectivity index (χ4n) is 2.41. The molecule has 1 aliphatic rings. The maximum absolute atomic E-state index is 12.3. The largest absolute Gasteiger partial charge is 0.309 e. The second-order valence-electron chi connectivity index (χ2n) is 5.17. The molecule has 1 aromatic heterocycles. The Hall–Kier alpha value is -0.980. The Morgan fingerprint density at radius 3 is 2.58 bits per heavy atom. The molecule has 5 nitrogen and oxygen atoms in total. The van der Waals surface area contributed by atoms with Crippen molar-refractivity contribution in [2.75, 3.05) is 18.8 Å². The second-order valence-corrected chi connectivity index (χ2v) is 7.26. The highest BCUT2D eigenvalue weighted by Crippen LogP contribution is 2.11. The van der Waals surface area contributed by atoms with E-state index in [9.17, 15) is 8.42 Å². The SMILES string of the molecule is CC1CN(S(=O)(=O)CCc2ccccn2)CC(C)N1. The van der Waals surface area contributed by atoms with Crippen LogP contribution in [0, 0.1) is 0 Å². The second kappa shape index (κ2) is 5.98. The van der Waals surface area contributed by atoms with Gasteiger partial charge >= 0.3 is 0 Å². The van der Waals surface area contributed by atoms with Gasteiger partial charge < -0.3 is 5.32 Å². The van der Waals surface area contributed by atoms with Crippen LogP contribution in [0.15, 0.2) is 24.4 Å². The molecular formula is C13H21N3O2S. The summed E-state index contributed by atoms with van der Waals surface area (Å²) in [5.41, 5.74) is 0.822. The molecule has 106 valence electrons. The molecule has 1 aliphatic heterocycles. The Bertz CT molecular complexity index is 494. The summed E-state index contributed by atoms with van der Waals surface area (Å²) in [4.78, 5) is 4.16. The number of sulfonamides is 1. The van der Waals surface area contributed by atoms with Gasteiger partial charge in [0.2, 0.25) is 10.0 Å². The molecule has 2 rings (SSSR count). The van der Waals surface area contributed by atoms with E-state index in [4.69, 9.17) is 0 Å².